The van der Waals surface area contributed by atoms with Crippen molar-refractivity contribution in [3.8, 4) is 11.4 Å². The molecule has 0 saturated heterocycles. The van der Waals surface area contributed by atoms with Crippen molar-refractivity contribution in [2.45, 2.75) is 13.8 Å². The second kappa shape index (κ2) is 9.61. The van der Waals surface area contributed by atoms with Gasteiger partial charge in [0.1, 0.15) is 5.75 Å². The third-order valence-corrected chi connectivity index (χ3v) is 5.55. The lowest BCUT2D eigenvalue weighted by atomic mass is 10.1. The predicted octanol–water partition coefficient (Wildman–Crippen LogP) is 5.16. The molecule has 0 fully saturated rings. The van der Waals surface area contributed by atoms with E-state index >= 15 is 0 Å². The average molecular weight is 443 g/mol. The molecular formula is C27H26N2O4. The molecule has 6 heteroatoms. The highest BCUT2D eigenvalue weighted by atomic mass is 16.5. The summed E-state index contributed by atoms with van der Waals surface area (Å²) in [5, 5.41) is 0.719. The minimum absolute atomic E-state index is 0.121. The molecule has 168 valence electrons. The molecule has 1 heterocycles. The van der Waals surface area contributed by atoms with Crippen molar-refractivity contribution in [2.24, 2.45) is 0 Å². The molecular weight excluding hydrogens is 416 g/mol. The summed E-state index contributed by atoms with van der Waals surface area (Å²) < 4.78 is 13.2. The number of benzene rings is 3. The van der Waals surface area contributed by atoms with E-state index in [2.05, 4.69) is 0 Å². The number of likely N-dealkylation sites (N-methyl/N-ethyl adjacent to an activating group) is 1. The maximum atomic E-state index is 12.8. The van der Waals surface area contributed by atoms with Gasteiger partial charge in [0.05, 0.1) is 17.7 Å². The SMILES string of the molecule is CCOC(=O)c1c(C)n(-c2ccccc2)c2ccc(OCC(=O)N(C)c3ccccc3)cc12. The molecule has 0 aliphatic rings. The van der Waals surface area contributed by atoms with Crippen LogP contribution in [0.5, 0.6) is 5.75 Å². The van der Waals surface area contributed by atoms with Gasteiger partial charge in [-0.3, -0.25) is 4.79 Å². The summed E-state index contributed by atoms with van der Waals surface area (Å²) in [6.07, 6.45) is 0. The second-order valence-electron chi connectivity index (χ2n) is 7.61. The number of nitrogens with zero attached hydrogens (tertiary/aromatic N) is 2. The monoisotopic (exact) mass is 442 g/mol. The van der Waals surface area contributed by atoms with Crippen LogP contribution < -0.4 is 9.64 Å². The first-order valence-corrected chi connectivity index (χ1v) is 10.8. The number of amides is 1. The van der Waals surface area contributed by atoms with Crippen LogP contribution in [-0.2, 0) is 9.53 Å². The predicted molar refractivity (Wildman–Crippen MR) is 129 cm³/mol. The van der Waals surface area contributed by atoms with Gasteiger partial charge in [0.2, 0.25) is 0 Å². The number of carbonyl (C=O) groups excluding carboxylic acids is 2. The van der Waals surface area contributed by atoms with E-state index in [1.165, 1.54) is 0 Å². The molecule has 0 radical (unpaired) electrons. The molecule has 0 unspecified atom stereocenters. The Morgan fingerprint density at radius 3 is 2.27 bits per heavy atom. The Labute approximate surface area is 193 Å². The van der Waals surface area contributed by atoms with Gasteiger partial charge in [-0.1, -0.05) is 36.4 Å². The Hall–Kier alpha value is -4.06. The number of carbonyl (C=O) groups is 2. The Balaban J connectivity index is 1.67. The zero-order chi connectivity index (χ0) is 23.4. The van der Waals surface area contributed by atoms with Crippen LogP contribution >= 0.6 is 0 Å². The number of para-hydroxylation sites is 2. The first kappa shape index (κ1) is 22.1. The molecule has 0 N–H and O–H groups in total. The maximum absolute atomic E-state index is 12.8. The van der Waals surface area contributed by atoms with Gasteiger partial charge in [-0.05, 0) is 56.3 Å². The van der Waals surface area contributed by atoms with E-state index in [1.54, 1.807) is 24.9 Å². The molecule has 33 heavy (non-hydrogen) atoms. The second-order valence-corrected chi connectivity index (χ2v) is 7.61. The Morgan fingerprint density at radius 1 is 0.939 bits per heavy atom. The fraction of sp³-hybridized carbons (Fsp3) is 0.185. The van der Waals surface area contributed by atoms with E-state index in [0.29, 0.717) is 11.3 Å². The maximum Gasteiger partial charge on any atom is 0.340 e. The summed E-state index contributed by atoms with van der Waals surface area (Å²) in [4.78, 5) is 27.0. The summed E-state index contributed by atoms with van der Waals surface area (Å²) in [6, 6.07) is 24.7. The molecule has 3 aromatic carbocycles. The first-order valence-electron chi connectivity index (χ1n) is 10.8. The van der Waals surface area contributed by atoms with Crippen LogP contribution in [0.2, 0.25) is 0 Å². The minimum Gasteiger partial charge on any atom is -0.484 e. The van der Waals surface area contributed by atoms with E-state index in [0.717, 1.165) is 28.0 Å². The van der Waals surface area contributed by atoms with Gasteiger partial charge in [-0.15, -0.1) is 0 Å². The number of rotatable bonds is 7. The van der Waals surface area contributed by atoms with Gasteiger partial charge >= 0.3 is 5.97 Å². The highest BCUT2D eigenvalue weighted by Crippen LogP contribution is 2.32. The van der Waals surface area contributed by atoms with E-state index in [9.17, 15) is 9.59 Å². The largest absolute Gasteiger partial charge is 0.484 e. The van der Waals surface area contributed by atoms with Crippen LogP contribution in [0.1, 0.15) is 23.0 Å². The summed E-state index contributed by atoms with van der Waals surface area (Å²) in [5.74, 6) is -0.0512. The average Bonchev–Trinajstić information content (AvgIpc) is 3.14. The quantitative estimate of drug-likeness (QED) is 0.371. The molecule has 0 atom stereocenters. The fourth-order valence-electron chi connectivity index (χ4n) is 3.90. The molecule has 0 aliphatic carbocycles. The summed E-state index contributed by atoms with van der Waals surface area (Å²) >= 11 is 0. The molecule has 0 saturated carbocycles. The molecule has 4 rings (SSSR count). The summed E-state index contributed by atoms with van der Waals surface area (Å²) in [5.41, 5.74) is 3.88. The standard InChI is InChI=1S/C27H26N2O4/c1-4-32-27(31)26-19(2)29(21-13-9-6-10-14-21)24-16-15-22(17-23(24)26)33-18-25(30)28(3)20-11-7-5-8-12-20/h5-17H,4,18H2,1-3H3. The highest BCUT2D eigenvalue weighted by molar-refractivity contribution is 6.07. The topological polar surface area (TPSA) is 60.8 Å². The van der Waals surface area contributed by atoms with Gasteiger partial charge in [-0.25, -0.2) is 4.79 Å². The van der Waals surface area contributed by atoms with E-state index in [1.807, 2.05) is 84.3 Å². The van der Waals surface area contributed by atoms with E-state index < -0.39 is 0 Å². The highest BCUT2D eigenvalue weighted by Gasteiger charge is 2.22. The van der Waals surface area contributed by atoms with Gasteiger partial charge in [0.25, 0.3) is 5.91 Å². The van der Waals surface area contributed by atoms with Gasteiger partial charge in [-0.2, -0.15) is 0 Å². The van der Waals surface area contributed by atoms with E-state index in [-0.39, 0.29) is 25.1 Å². The molecule has 6 nitrogen and oxygen atoms in total. The normalized spacial score (nSPS) is 10.8. The molecule has 1 aromatic heterocycles. The molecule has 0 spiro atoms. The number of aromatic nitrogens is 1. The van der Waals surface area contributed by atoms with Crippen molar-refractivity contribution < 1.29 is 19.1 Å². The number of ether oxygens (including phenoxy) is 2. The van der Waals surface area contributed by atoms with Crippen molar-refractivity contribution in [1.82, 2.24) is 4.57 Å². The number of anilines is 1. The Bertz CT molecular complexity index is 1280. The van der Waals surface area contributed by atoms with Crippen LogP contribution in [0.4, 0.5) is 5.69 Å². The van der Waals surface area contributed by atoms with E-state index in [4.69, 9.17) is 9.47 Å². The van der Waals surface area contributed by atoms with Crippen molar-refractivity contribution in [2.75, 3.05) is 25.2 Å². The fourth-order valence-corrected chi connectivity index (χ4v) is 3.90. The van der Waals surface area contributed by atoms with Crippen molar-refractivity contribution in [3.05, 3.63) is 90.1 Å². The number of hydrogen-bond donors (Lipinski definition) is 0. The third kappa shape index (κ3) is 4.46. The zero-order valence-corrected chi connectivity index (χ0v) is 18.9. The van der Waals surface area contributed by atoms with Gasteiger partial charge < -0.3 is 18.9 Å². The van der Waals surface area contributed by atoms with Crippen molar-refractivity contribution in [3.63, 3.8) is 0 Å². The van der Waals surface area contributed by atoms with Crippen LogP contribution in [0.3, 0.4) is 0 Å². The van der Waals surface area contributed by atoms with Crippen LogP contribution in [-0.4, -0.2) is 36.7 Å². The van der Waals surface area contributed by atoms with Crippen LogP contribution in [0.15, 0.2) is 78.9 Å². The lowest BCUT2D eigenvalue weighted by Crippen LogP contribution is -2.31. The molecule has 1 amide bonds. The zero-order valence-electron chi connectivity index (χ0n) is 18.9. The van der Waals surface area contributed by atoms with Crippen molar-refractivity contribution in [1.29, 1.82) is 0 Å². The lowest BCUT2D eigenvalue weighted by molar-refractivity contribution is -0.120. The number of hydrogen-bond acceptors (Lipinski definition) is 4. The van der Waals surface area contributed by atoms with Crippen molar-refractivity contribution >= 4 is 28.5 Å². The Kier molecular flexibility index (Phi) is 6.45. The van der Waals surface area contributed by atoms with Gasteiger partial charge in [0.15, 0.2) is 6.61 Å². The Morgan fingerprint density at radius 2 is 1.61 bits per heavy atom. The molecule has 4 aromatic rings. The smallest absolute Gasteiger partial charge is 0.340 e. The van der Waals surface area contributed by atoms with Crippen LogP contribution in [0, 0.1) is 6.92 Å². The molecule has 0 aliphatic heterocycles. The molecule has 0 bridgehead atoms. The third-order valence-electron chi connectivity index (χ3n) is 5.55. The van der Waals surface area contributed by atoms with Crippen LogP contribution in [0.25, 0.3) is 16.6 Å². The summed E-state index contributed by atoms with van der Waals surface area (Å²) in [6.45, 7) is 3.85. The number of fused-ring (bicyclic) bond motifs is 1. The number of esters is 1. The van der Waals surface area contributed by atoms with Gasteiger partial charge in [0, 0.05) is 29.5 Å². The first-order chi connectivity index (χ1) is 16.0. The lowest BCUT2D eigenvalue weighted by Gasteiger charge is -2.17. The minimum atomic E-state index is -0.383. The summed E-state index contributed by atoms with van der Waals surface area (Å²) in [7, 11) is 1.71.